The maximum atomic E-state index is 13.1. The fraction of sp³-hybridized carbons (Fsp3) is 0.600. The van der Waals surface area contributed by atoms with Crippen LogP contribution in [0, 0.1) is 6.92 Å². The van der Waals surface area contributed by atoms with E-state index in [9.17, 15) is 4.79 Å². The zero-order chi connectivity index (χ0) is 22.9. The van der Waals surface area contributed by atoms with Crippen molar-refractivity contribution in [3.05, 3.63) is 51.6 Å². The van der Waals surface area contributed by atoms with Crippen molar-refractivity contribution in [1.82, 2.24) is 30.1 Å². The molecule has 4 rings (SSSR count). The highest BCUT2D eigenvalue weighted by molar-refractivity contribution is 5.79. The molecule has 0 bridgehead atoms. The summed E-state index contributed by atoms with van der Waals surface area (Å²) < 4.78 is 1.95. The molecule has 7 nitrogen and oxygen atoms in total. The van der Waals surface area contributed by atoms with Crippen molar-refractivity contribution in [3.63, 3.8) is 0 Å². The molecule has 1 aliphatic rings. The topological polar surface area (TPSA) is 79.7 Å². The molecule has 2 heterocycles. The fourth-order valence-corrected chi connectivity index (χ4v) is 5.03. The van der Waals surface area contributed by atoms with E-state index in [4.69, 9.17) is 0 Å². The Bertz CT molecular complexity index is 1120. The van der Waals surface area contributed by atoms with E-state index in [1.807, 2.05) is 17.7 Å². The van der Waals surface area contributed by atoms with Crippen LogP contribution in [-0.2, 0) is 12.1 Å². The second kappa shape index (κ2) is 9.14. The lowest BCUT2D eigenvalue weighted by Crippen LogP contribution is -2.42. The Labute approximate surface area is 190 Å². The highest BCUT2D eigenvalue weighted by Crippen LogP contribution is 2.34. The number of fused-ring (bicyclic) bond motifs is 1. The molecule has 32 heavy (non-hydrogen) atoms. The van der Waals surface area contributed by atoms with Gasteiger partial charge in [0, 0.05) is 23.7 Å². The van der Waals surface area contributed by atoms with Crippen LogP contribution in [0.3, 0.4) is 0 Å². The number of pyridine rings is 1. The van der Waals surface area contributed by atoms with Gasteiger partial charge in [0.15, 0.2) is 5.82 Å². The van der Waals surface area contributed by atoms with E-state index in [0.29, 0.717) is 12.6 Å². The lowest BCUT2D eigenvalue weighted by molar-refractivity contribution is 0.0810. The predicted octanol–water partition coefficient (Wildman–Crippen LogP) is 4.86. The third kappa shape index (κ3) is 4.63. The second-order valence-corrected chi connectivity index (χ2v) is 10.2. The zero-order valence-corrected chi connectivity index (χ0v) is 20.1. The standard InChI is InChI=1S/C25H36N6O/c1-6-22(23-27-28-29-31(23)25(3,4)5)30(20-10-8-7-9-11-20)16-19-15-18-13-12-17(2)14-21(18)26-24(19)32/h12-15,20,22H,6-11,16H2,1-5H3,(H,26,32). The average molecular weight is 437 g/mol. The molecule has 1 N–H and O–H groups in total. The molecule has 1 aromatic carbocycles. The molecule has 0 aliphatic heterocycles. The third-order valence-electron chi connectivity index (χ3n) is 6.69. The quantitative estimate of drug-likeness (QED) is 0.597. The number of aryl methyl sites for hydroxylation is 1. The molecule has 2 aromatic heterocycles. The van der Waals surface area contributed by atoms with Gasteiger partial charge in [0.2, 0.25) is 0 Å². The predicted molar refractivity (Wildman–Crippen MR) is 128 cm³/mol. The SMILES string of the molecule is CCC(c1nnnn1C(C)(C)C)N(Cc1cc2ccc(C)cc2[nH]c1=O)C1CCCCC1. The lowest BCUT2D eigenvalue weighted by Gasteiger charge is -2.39. The number of nitrogens with zero attached hydrogens (tertiary/aromatic N) is 5. The van der Waals surface area contributed by atoms with Crippen molar-refractivity contribution in [1.29, 1.82) is 0 Å². The monoisotopic (exact) mass is 436 g/mol. The van der Waals surface area contributed by atoms with Gasteiger partial charge in [-0.3, -0.25) is 9.69 Å². The minimum Gasteiger partial charge on any atom is -0.322 e. The summed E-state index contributed by atoms with van der Waals surface area (Å²) in [6, 6.07) is 8.75. The van der Waals surface area contributed by atoms with Crippen molar-refractivity contribution >= 4 is 10.9 Å². The maximum Gasteiger partial charge on any atom is 0.252 e. The van der Waals surface area contributed by atoms with Crippen molar-refractivity contribution in [2.45, 2.75) is 97.3 Å². The van der Waals surface area contributed by atoms with Gasteiger partial charge in [-0.05, 0) is 80.5 Å². The van der Waals surface area contributed by atoms with Gasteiger partial charge >= 0.3 is 0 Å². The largest absolute Gasteiger partial charge is 0.322 e. The van der Waals surface area contributed by atoms with E-state index >= 15 is 0 Å². The molecule has 0 amide bonds. The van der Waals surface area contributed by atoms with E-state index in [-0.39, 0.29) is 17.1 Å². The first-order valence-corrected chi connectivity index (χ1v) is 11.9. The van der Waals surface area contributed by atoms with Crippen LogP contribution in [-0.4, -0.2) is 36.1 Å². The first-order chi connectivity index (χ1) is 15.3. The Morgan fingerprint density at radius 3 is 2.62 bits per heavy atom. The minimum atomic E-state index is -0.206. The molecule has 1 unspecified atom stereocenters. The Balaban J connectivity index is 1.75. The Morgan fingerprint density at radius 2 is 1.94 bits per heavy atom. The van der Waals surface area contributed by atoms with Crippen LogP contribution < -0.4 is 5.56 Å². The average Bonchev–Trinajstić information content (AvgIpc) is 3.25. The summed E-state index contributed by atoms with van der Waals surface area (Å²) in [4.78, 5) is 18.7. The molecule has 7 heteroatoms. The summed E-state index contributed by atoms with van der Waals surface area (Å²) in [5.41, 5.74) is 2.63. The van der Waals surface area contributed by atoms with Crippen LogP contribution in [0.15, 0.2) is 29.1 Å². The highest BCUT2D eigenvalue weighted by atomic mass is 16.1. The number of H-pyrrole nitrogens is 1. The molecule has 1 fully saturated rings. The van der Waals surface area contributed by atoms with Gasteiger partial charge in [0.05, 0.1) is 11.6 Å². The first-order valence-electron chi connectivity index (χ1n) is 11.9. The number of aromatic nitrogens is 5. The number of tetrazole rings is 1. The summed E-state index contributed by atoms with van der Waals surface area (Å²) >= 11 is 0. The number of hydrogen-bond donors (Lipinski definition) is 1. The minimum absolute atomic E-state index is 0.00539. The summed E-state index contributed by atoms with van der Waals surface area (Å²) in [7, 11) is 0. The molecule has 1 saturated carbocycles. The summed E-state index contributed by atoms with van der Waals surface area (Å²) in [6.45, 7) is 11.2. The number of hydrogen-bond acceptors (Lipinski definition) is 5. The Hall–Kier alpha value is -2.54. The summed E-state index contributed by atoms with van der Waals surface area (Å²) in [6.07, 6.45) is 6.94. The van der Waals surface area contributed by atoms with Crippen LogP contribution in [0.4, 0.5) is 0 Å². The molecule has 172 valence electrons. The lowest BCUT2D eigenvalue weighted by atomic mass is 9.92. The fourth-order valence-electron chi connectivity index (χ4n) is 5.03. The van der Waals surface area contributed by atoms with Crippen LogP contribution in [0.1, 0.15) is 89.2 Å². The molecule has 0 saturated heterocycles. The first kappa shape index (κ1) is 22.6. The van der Waals surface area contributed by atoms with E-state index in [1.165, 1.54) is 19.3 Å². The van der Waals surface area contributed by atoms with Gasteiger partial charge in [0.1, 0.15) is 0 Å². The van der Waals surface area contributed by atoms with Gasteiger partial charge in [-0.1, -0.05) is 38.3 Å². The second-order valence-electron chi connectivity index (χ2n) is 10.2. The number of nitrogens with one attached hydrogen (secondary N) is 1. The van der Waals surface area contributed by atoms with Crippen LogP contribution in [0.25, 0.3) is 10.9 Å². The number of benzene rings is 1. The van der Waals surface area contributed by atoms with Crippen molar-refractivity contribution in [3.8, 4) is 0 Å². The van der Waals surface area contributed by atoms with Crippen LogP contribution in [0.5, 0.6) is 0 Å². The van der Waals surface area contributed by atoms with Crippen molar-refractivity contribution in [2.75, 3.05) is 0 Å². The molecule has 3 aromatic rings. The van der Waals surface area contributed by atoms with Gasteiger partial charge in [-0.2, -0.15) is 0 Å². The normalized spacial score (nSPS) is 16.7. The molecule has 1 atom stereocenters. The number of rotatable bonds is 6. The van der Waals surface area contributed by atoms with E-state index in [2.05, 4.69) is 71.3 Å². The highest BCUT2D eigenvalue weighted by Gasteiger charge is 2.33. The molecule has 0 spiro atoms. The van der Waals surface area contributed by atoms with Gasteiger partial charge in [0.25, 0.3) is 5.56 Å². The van der Waals surface area contributed by atoms with Crippen LogP contribution >= 0.6 is 0 Å². The van der Waals surface area contributed by atoms with Crippen molar-refractivity contribution in [2.24, 2.45) is 0 Å². The van der Waals surface area contributed by atoms with Crippen LogP contribution in [0.2, 0.25) is 0 Å². The molecule has 1 aliphatic carbocycles. The Kier molecular flexibility index (Phi) is 6.47. The van der Waals surface area contributed by atoms with Gasteiger partial charge in [-0.25, -0.2) is 4.68 Å². The molecule has 0 radical (unpaired) electrons. The summed E-state index contributed by atoms with van der Waals surface area (Å²) in [5.74, 6) is 0.887. The van der Waals surface area contributed by atoms with E-state index in [0.717, 1.165) is 47.1 Å². The number of aromatic amines is 1. The molecular weight excluding hydrogens is 400 g/mol. The third-order valence-corrected chi connectivity index (χ3v) is 6.69. The summed E-state index contributed by atoms with van der Waals surface area (Å²) in [5, 5.41) is 13.9. The van der Waals surface area contributed by atoms with Gasteiger partial charge in [-0.15, -0.1) is 5.10 Å². The van der Waals surface area contributed by atoms with Gasteiger partial charge < -0.3 is 4.98 Å². The maximum absolute atomic E-state index is 13.1. The Morgan fingerprint density at radius 1 is 1.19 bits per heavy atom. The van der Waals surface area contributed by atoms with E-state index < -0.39 is 0 Å². The molecular formula is C25H36N6O. The zero-order valence-electron chi connectivity index (χ0n) is 20.1. The smallest absolute Gasteiger partial charge is 0.252 e. The van der Waals surface area contributed by atoms with E-state index in [1.54, 1.807) is 0 Å². The van der Waals surface area contributed by atoms with Crippen molar-refractivity contribution < 1.29 is 0 Å².